The number of ether oxygens (including phenoxy) is 4. The van der Waals surface area contributed by atoms with E-state index in [2.05, 4.69) is 43.8 Å². The van der Waals surface area contributed by atoms with Crippen molar-refractivity contribution in [3.63, 3.8) is 0 Å². The fraction of sp³-hybridized carbons (Fsp3) is 0.320. The second-order valence-electron chi connectivity index (χ2n) is 7.81. The molecule has 2 aromatic carbocycles. The van der Waals surface area contributed by atoms with Crippen LogP contribution in [-0.4, -0.2) is 57.0 Å². The van der Waals surface area contributed by atoms with Crippen LogP contribution in [-0.2, 0) is 9.53 Å². The highest BCUT2D eigenvalue weighted by atomic mass is 127. The van der Waals surface area contributed by atoms with E-state index < -0.39 is 24.3 Å². The maximum Gasteiger partial charge on any atom is 0.337 e. The molecule has 37 heavy (non-hydrogen) atoms. The van der Waals surface area contributed by atoms with E-state index in [-0.39, 0.29) is 12.2 Å². The third kappa shape index (κ3) is 7.26. The fourth-order valence-electron chi connectivity index (χ4n) is 3.58. The molecule has 0 aliphatic carbocycles. The molecule has 0 saturated carbocycles. The molecule has 2 aromatic rings. The normalized spacial score (nSPS) is 16.1. The highest BCUT2D eigenvalue weighted by molar-refractivity contribution is 14.1. The van der Waals surface area contributed by atoms with Crippen molar-refractivity contribution < 1.29 is 33.6 Å². The number of nitrogens with zero attached hydrogens (tertiary/aromatic N) is 1. The van der Waals surface area contributed by atoms with E-state index in [0.717, 1.165) is 14.9 Å². The summed E-state index contributed by atoms with van der Waals surface area (Å²) in [5.74, 6) is 0.969. The fourth-order valence-corrected chi connectivity index (χ4v) is 4.34. The first-order valence-corrected chi connectivity index (χ1v) is 12.4. The summed E-state index contributed by atoms with van der Waals surface area (Å²) in [7, 11) is 2.89. The van der Waals surface area contributed by atoms with Gasteiger partial charge < -0.3 is 34.7 Å². The van der Waals surface area contributed by atoms with E-state index in [9.17, 15) is 14.7 Å². The number of carbonyl (C=O) groups is 2. The zero-order valence-electron chi connectivity index (χ0n) is 20.8. The number of rotatable bonds is 11. The summed E-state index contributed by atoms with van der Waals surface area (Å²) in [4.78, 5) is 24.4. The Kier molecular flexibility index (Phi) is 9.97. The number of aliphatic hydroxyl groups excluding tert-OH is 1. The second-order valence-corrected chi connectivity index (χ2v) is 8.97. The van der Waals surface area contributed by atoms with E-state index in [1.807, 2.05) is 25.1 Å². The number of hydrogen-bond donors (Lipinski definition) is 4. The Hall–Kier alpha value is -3.52. The number of halogens is 1. The summed E-state index contributed by atoms with van der Waals surface area (Å²) >= 11 is 2.17. The molecule has 0 saturated heterocycles. The maximum atomic E-state index is 12.4. The number of amides is 2. The minimum atomic E-state index is -1.09. The van der Waals surface area contributed by atoms with Crippen LogP contribution in [0.5, 0.6) is 17.2 Å². The lowest BCUT2D eigenvalue weighted by atomic mass is 9.95. The highest BCUT2D eigenvalue weighted by Gasteiger charge is 2.32. The lowest BCUT2D eigenvalue weighted by molar-refractivity contribution is -0.136. The molecule has 0 fully saturated rings. The molecule has 0 spiro atoms. The Labute approximate surface area is 228 Å². The van der Waals surface area contributed by atoms with Gasteiger partial charge in [-0.25, -0.2) is 9.59 Å². The van der Waals surface area contributed by atoms with Gasteiger partial charge in [-0.15, -0.1) is 0 Å². The lowest BCUT2D eigenvalue weighted by Crippen LogP contribution is -2.45. The zero-order valence-corrected chi connectivity index (χ0v) is 23.0. The van der Waals surface area contributed by atoms with Gasteiger partial charge in [-0.05, 0) is 77.9 Å². The van der Waals surface area contributed by atoms with Crippen molar-refractivity contribution in [2.45, 2.75) is 26.1 Å². The summed E-state index contributed by atoms with van der Waals surface area (Å²) < 4.78 is 22.5. The number of hydrogen-bond acceptors (Lipinski definition) is 9. The first-order valence-electron chi connectivity index (χ1n) is 11.3. The molecule has 0 aromatic heterocycles. The van der Waals surface area contributed by atoms with E-state index in [0.29, 0.717) is 29.4 Å². The quantitative estimate of drug-likeness (QED) is 0.0985. The first kappa shape index (κ1) is 28.1. The molecule has 198 valence electrons. The van der Waals surface area contributed by atoms with Crippen molar-refractivity contribution in [2.24, 2.45) is 5.10 Å². The molecule has 2 amide bonds. The van der Waals surface area contributed by atoms with Gasteiger partial charge in [0.2, 0.25) is 0 Å². The Morgan fingerprint density at radius 2 is 1.95 bits per heavy atom. The number of benzene rings is 2. The summed E-state index contributed by atoms with van der Waals surface area (Å²) in [6, 6.07) is 9.43. The van der Waals surface area contributed by atoms with Crippen molar-refractivity contribution in [3.05, 3.63) is 62.4 Å². The molecule has 0 radical (unpaired) electrons. The predicted molar refractivity (Wildman–Crippen MR) is 145 cm³/mol. The number of nitrogens with one attached hydrogen (secondary N) is 3. The van der Waals surface area contributed by atoms with Crippen LogP contribution >= 0.6 is 22.6 Å². The number of urea groups is 1. The zero-order chi connectivity index (χ0) is 26.9. The first-order chi connectivity index (χ1) is 17.8. The van der Waals surface area contributed by atoms with Crippen molar-refractivity contribution in [1.82, 2.24) is 16.1 Å². The average molecular weight is 624 g/mol. The molecule has 2 atom stereocenters. The Balaban J connectivity index is 1.69. The molecular weight excluding hydrogens is 595 g/mol. The molecule has 3 rings (SSSR count). The van der Waals surface area contributed by atoms with Crippen LogP contribution in [0.15, 0.2) is 52.8 Å². The molecule has 1 heterocycles. The highest BCUT2D eigenvalue weighted by Crippen LogP contribution is 2.35. The van der Waals surface area contributed by atoms with E-state index >= 15 is 0 Å². The number of carbonyl (C=O) groups excluding carboxylic acids is 2. The smallest absolute Gasteiger partial charge is 0.337 e. The standard InChI is InChI=1S/C25H29IN4O7/c1-5-36-20-11-16(23-22(24(32)35-4)14(2)28-25(33)29-23)7-9-19(20)37-13-21(31)30-27-12-15-6-8-18(34-3)17(26)10-15/h6-12,21,23,30-31H,5,13H2,1-4H3,(H2,28,29,33)/b27-12-/t21-,23-/m1/s1. The largest absolute Gasteiger partial charge is 0.496 e. The van der Waals surface area contributed by atoms with Gasteiger partial charge in [0.05, 0.1) is 42.2 Å². The van der Waals surface area contributed by atoms with Gasteiger partial charge in [-0.2, -0.15) is 5.10 Å². The van der Waals surface area contributed by atoms with Crippen LogP contribution in [0.2, 0.25) is 0 Å². The number of aliphatic hydroxyl groups is 1. The van der Waals surface area contributed by atoms with Gasteiger partial charge in [-0.1, -0.05) is 6.07 Å². The van der Waals surface area contributed by atoms with Crippen LogP contribution in [0.4, 0.5) is 4.79 Å². The maximum absolute atomic E-state index is 12.4. The van der Waals surface area contributed by atoms with Gasteiger partial charge >= 0.3 is 12.0 Å². The van der Waals surface area contributed by atoms with E-state index in [1.54, 1.807) is 38.4 Å². The Bertz CT molecular complexity index is 1200. The molecule has 1 aliphatic rings. The second kappa shape index (κ2) is 13.1. The van der Waals surface area contributed by atoms with E-state index in [4.69, 9.17) is 18.9 Å². The molecular formula is C25H29IN4O7. The minimum absolute atomic E-state index is 0.118. The van der Waals surface area contributed by atoms with Crippen molar-refractivity contribution >= 4 is 40.8 Å². The summed E-state index contributed by atoms with van der Waals surface area (Å²) in [5, 5.41) is 19.6. The summed E-state index contributed by atoms with van der Waals surface area (Å²) in [5.41, 5.74) is 4.73. The molecule has 12 heteroatoms. The predicted octanol–water partition coefficient (Wildman–Crippen LogP) is 2.82. The minimum Gasteiger partial charge on any atom is -0.496 e. The number of esters is 1. The topological polar surface area (TPSA) is 140 Å². The average Bonchev–Trinajstić information content (AvgIpc) is 2.87. The monoisotopic (exact) mass is 624 g/mol. The van der Waals surface area contributed by atoms with Gasteiger partial charge in [0.1, 0.15) is 12.4 Å². The van der Waals surface area contributed by atoms with Gasteiger partial charge in [0.15, 0.2) is 17.7 Å². The van der Waals surface area contributed by atoms with Crippen molar-refractivity contribution in [2.75, 3.05) is 27.4 Å². The molecule has 0 bridgehead atoms. The molecule has 4 N–H and O–H groups in total. The van der Waals surface area contributed by atoms with Crippen LogP contribution in [0, 0.1) is 3.57 Å². The van der Waals surface area contributed by atoms with Crippen molar-refractivity contribution in [3.8, 4) is 17.2 Å². The molecule has 11 nitrogen and oxygen atoms in total. The number of allylic oxidation sites excluding steroid dienone is 1. The van der Waals surface area contributed by atoms with Crippen molar-refractivity contribution in [1.29, 1.82) is 0 Å². The third-order valence-corrected chi connectivity index (χ3v) is 6.13. The Morgan fingerprint density at radius 1 is 1.19 bits per heavy atom. The molecule has 1 aliphatic heterocycles. The number of hydrazone groups is 1. The molecule has 0 unspecified atom stereocenters. The van der Waals surface area contributed by atoms with Crippen LogP contribution in [0.1, 0.15) is 31.0 Å². The summed E-state index contributed by atoms with van der Waals surface area (Å²) in [6.07, 6.45) is 0.482. The third-order valence-electron chi connectivity index (χ3n) is 5.29. The van der Waals surface area contributed by atoms with Gasteiger partial charge in [0.25, 0.3) is 0 Å². The SMILES string of the molecule is CCOc1cc([C@H]2NC(=O)NC(C)=C2C(=O)OC)ccc1OC[C@@H](O)N/N=C\c1ccc(OC)c(I)c1. The van der Waals surface area contributed by atoms with Gasteiger partial charge in [-0.3, -0.25) is 5.43 Å². The number of methoxy groups -OCH3 is 2. The van der Waals surface area contributed by atoms with Crippen LogP contribution in [0.25, 0.3) is 0 Å². The van der Waals surface area contributed by atoms with Crippen LogP contribution in [0.3, 0.4) is 0 Å². The Morgan fingerprint density at radius 3 is 2.62 bits per heavy atom. The summed E-state index contributed by atoms with van der Waals surface area (Å²) in [6.45, 7) is 3.68. The van der Waals surface area contributed by atoms with Crippen LogP contribution < -0.4 is 30.3 Å². The van der Waals surface area contributed by atoms with Gasteiger partial charge in [0, 0.05) is 5.70 Å². The lowest BCUT2D eigenvalue weighted by Gasteiger charge is -2.28. The van der Waals surface area contributed by atoms with E-state index in [1.165, 1.54) is 7.11 Å².